The van der Waals surface area contributed by atoms with Gasteiger partial charge in [0.05, 0.1) is 24.0 Å². The minimum Gasteiger partial charge on any atom is -0.350 e. The molecular weight excluding hydrogens is 524 g/mol. The van der Waals surface area contributed by atoms with Crippen LogP contribution in [0.2, 0.25) is 0 Å². The van der Waals surface area contributed by atoms with Crippen LogP contribution >= 0.6 is 11.8 Å². The Bertz CT molecular complexity index is 1480. The molecular formula is C28H30N10OS. The van der Waals surface area contributed by atoms with Gasteiger partial charge in [-0.3, -0.25) is 4.79 Å². The molecule has 1 heterocycles. The Hall–Kier alpha value is -3.98. The number of benzene rings is 2. The molecule has 2 atom stereocenters. The summed E-state index contributed by atoms with van der Waals surface area (Å²) in [6.07, 6.45) is 5.31. The van der Waals surface area contributed by atoms with Crippen molar-refractivity contribution in [3.05, 3.63) is 92.3 Å². The van der Waals surface area contributed by atoms with Crippen LogP contribution in [0, 0.1) is 17.3 Å². The third-order valence-electron chi connectivity index (χ3n) is 8.59. The van der Waals surface area contributed by atoms with E-state index in [1.165, 1.54) is 5.56 Å². The first-order valence-corrected chi connectivity index (χ1v) is 14.6. The largest absolute Gasteiger partial charge is 0.350 e. The van der Waals surface area contributed by atoms with Crippen LogP contribution in [0.15, 0.2) is 69.9 Å². The van der Waals surface area contributed by atoms with Gasteiger partial charge in [-0.15, -0.1) is 5.10 Å². The molecule has 4 aliphatic rings. The van der Waals surface area contributed by atoms with Crippen molar-refractivity contribution >= 4 is 23.4 Å². The highest BCUT2D eigenvalue weighted by Crippen LogP contribution is 2.63. The molecule has 4 bridgehead atoms. The first-order chi connectivity index (χ1) is 19.5. The highest BCUT2D eigenvalue weighted by atomic mass is 32.2. The number of carbonyl (C=O) groups is 1. The lowest BCUT2D eigenvalue weighted by Gasteiger charge is -2.59. The van der Waals surface area contributed by atoms with Crippen molar-refractivity contribution in [2.45, 2.75) is 67.9 Å². The molecule has 4 aliphatic carbocycles. The fourth-order valence-electron chi connectivity index (χ4n) is 7.37. The molecule has 1 aromatic heterocycles. The molecule has 2 aromatic carbocycles. The highest BCUT2D eigenvalue weighted by molar-refractivity contribution is 7.98. The summed E-state index contributed by atoms with van der Waals surface area (Å²) < 4.78 is 1.86. The summed E-state index contributed by atoms with van der Waals surface area (Å²) in [5.74, 6) is 1.68. The molecule has 0 saturated heterocycles. The van der Waals surface area contributed by atoms with Gasteiger partial charge >= 0.3 is 0 Å². The van der Waals surface area contributed by atoms with E-state index in [1.54, 1.807) is 23.9 Å². The zero-order valence-corrected chi connectivity index (χ0v) is 22.9. The molecule has 1 amide bonds. The van der Waals surface area contributed by atoms with Crippen LogP contribution in [-0.4, -0.2) is 26.4 Å². The lowest BCUT2D eigenvalue weighted by Crippen LogP contribution is -2.59. The maximum absolute atomic E-state index is 13.7. The van der Waals surface area contributed by atoms with Crippen molar-refractivity contribution in [1.29, 1.82) is 0 Å². The maximum atomic E-state index is 13.7. The van der Waals surface area contributed by atoms with E-state index in [-0.39, 0.29) is 12.5 Å². The summed E-state index contributed by atoms with van der Waals surface area (Å²) in [5.41, 5.74) is 20.5. The number of nitrogens with zero attached hydrogens (tertiary/aromatic N) is 9. The molecule has 2 unspecified atom stereocenters. The van der Waals surface area contributed by atoms with E-state index in [0.717, 1.165) is 54.1 Å². The van der Waals surface area contributed by atoms with Crippen LogP contribution in [0.5, 0.6) is 0 Å². The number of amides is 1. The second kappa shape index (κ2) is 10.9. The van der Waals surface area contributed by atoms with Crippen LogP contribution in [0.25, 0.3) is 20.9 Å². The number of aromatic nitrogens is 3. The fraction of sp³-hybridized carbons (Fsp3) is 0.464. The summed E-state index contributed by atoms with van der Waals surface area (Å²) in [7, 11) is 0. The standard InChI is InChI=1S/C28H30N10OS/c29-35-32-23-8-6-19(7-9-23)16-38-25(40-17-20-4-2-1-3-5-20)24(33-37-38)15-31-26(39)27-11-21-10-22(12-27)14-28(13-21,18-27)34-36-30/h1-9,21-22H,10-18H2,(H,31,39). The van der Waals surface area contributed by atoms with E-state index in [4.69, 9.17) is 5.53 Å². The summed E-state index contributed by atoms with van der Waals surface area (Å²) in [4.78, 5) is 19.7. The van der Waals surface area contributed by atoms with E-state index in [0.29, 0.717) is 30.5 Å². The lowest BCUT2D eigenvalue weighted by molar-refractivity contribution is -0.148. The molecule has 3 aromatic rings. The Labute approximate surface area is 236 Å². The molecule has 40 heavy (non-hydrogen) atoms. The van der Waals surface area contributed by atoms with Crippen LogP contribution in [0.3, 0.4) is 0 Å². The second-order valence-electron chi connectivity index (χ2n) is 11.5. The number of carbonyl (C=O) groups excluding carboxylic acids is 1. The second-order valence-corrected chi connectivity index (χ2v) is 12.4. The third-order valence-corrected chi connectivity index (χ3v) is 9.78. The lowest BCUT2D eigenvalue weighted by atomic mass is 9.47. The molecule has 4 fully saturated rings. The summed E-state index contributed by atoms with van der Waals surface area (Å²) in [5, 5.41) is 20.9. The molecule has 204 valence electrons. The zero-order valence-electron chi connectivity index (χ0n) is 22.1. The normalized spacial score (nSPS) is 26.1. The van der Waals surface area contributed by atoms with Crippen LogP contribution in [0.1, 0.15) is 55.3 Å². The number of azide groups is 2. The first kappa shape index (κ1) is 26.3. The summed E-state index contributed by atoms with van der Waals surface area (Å²) in [6.45, 7) is 0.786. The quantitative estimate of drug-likeness (QED) is 0.126. The Morgan fingerprint density at radius 1 is 1.02 bits per heavy atom. The van der Waals surface area contributed by atoms with Crippen molar-refractivity contribution in [3.8, 4) is 0 Å². The van der Waals surface area contributed by atoms with Crippen molar-refractivity contribution in [2.75, 3.05) is 0 Å². The van der Waals surface area contributed by atoms with E-state index in [2.05, 4.69) is 47.8 Å². The van der Waals surface area contributed by atoms with Gasteiger partial charge in [0.25, 0.3) is 0 Å². The van der Waals surface area contributed by atoms with E-state index >= 15 is 0 Å². The Kier molecular flexibility index (Phi) is 7.14. The molecule has 4 saturated carbocycles. The molecule has 12 heteroatoms. The molecule has 7 rings (SSSR count). The van der Waals surface area contributed by atoms with Gasteiger partial charge in [0.1, 0.15) is 10.7 Å². The van der Waals surface area contributed by atoms with Crippen molar-refractivity contribution < 1.29 is 4.79 Å². The summed E-state index contributed by atoms with van der Waals surface area (Å²) in [6, 6.07) is 17.6. The van der Waals surface area contributed by atoms with Crippen LogP contribution < -0.4 is 5.32 Å². The number of rotatable bonds is 10. The first-order valence-electron chi connectivity index (χ1n) is 13.6. The van der Waals surface area contributed by atoms with Crippen molar-refractivity contribution in [1.82, 2.24) is 20.3 Å². The predicted molar refractivity (Wildman–Crippen MR) is 151 cm³/mol. The van der Waals surface area contributed by atoms with Crippen LogP contribution in [-0.2, 0) is 23.6 Å². The SMILES string of the molecule is [N-]=[N+]=Nc1ccc(Cn2nnc(CNC(=O)C34CC5CC(CC(N=[N+]=[N-])(C5)C3)C4)c2SCc2ccccc2)cc1. The average Bonchev–Trinajstić information content (AvgIpc) is 3.32. The van der Waals surface area contributed by atoms with Gasteiger partial charge in [-0.05, 0) is 72.5 Å². The molecule has 0 radical (unpaired) electrons. The number of hydrogen-bond donors (Lipinski definition) is 1. The smallest absolute Gasteiger partial charge is 0.226 e. The number of thioether (sulfide) groups is 1. The van der Waals surface area contributed by atoms with Gasteiger partial charge in [0.15, 0.2) is 0 Å². The Balaban J connectivity index is 1.21. The fourth-order valence-corrected chi connectivity index (χ4v) is 8.40. The van der Waals surface area contributed by atoms with E-state index in [9.17, 15) is 10.3 Å². The van der Waals surface area contributed by atoms with Crippen molar-refractivity contribution in [2.24, 2.45) is 27.5 Å². The monoisotopic (exact) mass is 554 g/mol. The highest BCUT2D eigenvalue weighted by Gasteiger charge is 2.60. The predicted octanol–water partition coefficient (Wildman–Crippen LogP) is 6.83. The van der Waals surface area contributed by atoms with Gasteiger partial charge in [0, 0.05) is 21.3 Å². The maximum Gasteiger partial charge on any atom is 0.226 e. The molecule has 1 N–H and O–H groups in total. The Morgan fingerprint density at radius 2 is 1.77 bits per heavy atom. The number of nitrogens with one attached hydrogen (secondary N) is 1. The van der Waals surface area contributed by atoms with E-state index in [1.807, 2.05) is 35.0 Å². The van der Waals surface area contributed by atoms with Crippen molar-refractivity contribution in [3.63, 3.8) is 0 Å². The van der Waals surface area contributed by atoms with Gasteiger partial charge in [-0.2, -0.15) is 0 Å². The molecule has 11 nitrogen and oxygen atoms in total. The van der Waals surface area contributed by atoms with Gasteiger partial charge < -0.3 is 5.32 Å². The average molecular weight is 555 g/mol. The third kappa shape index (κ3) is 5.25. The zero-order chi connectivity index (χ0) is 27.6. The minimum absolute atomic E-state index is 0.0429. The number of hydrogen-bond acceptors (Lipinski definition) is 6. The van der Waals surface area contributed by atoms with Gasteiger partial charge in [0.2, 0.25) is 5.91 Å². The molecule has 0 spiro atoms. The van der Waals surface area contributed by atoms with Gasteiger partial charge in [-0.1, -0.05) is 81.8 Å². The summed E-state index contributed by atoms with van der Waals surface area (Å²) >= 11 is 1.65. The van der Waals surface area contributed by atoms with Gasteiger partial charge in [-0.25, -0.2) is 4.68 Å². The topological polar surface area (TPSA) is 157 Å². The van der Waals surface area contributed by atoms with Crippen LogP contribution in [0.4, 0.5) is 5.69 Å². The van der Waals surface area contributed by atoms with E-state index < -0.39 is 11.0 Å². The minimum atomic E-state index is -0.473. The molecule has 0 aliphatic heterocycles. The Morgan fingerprint density at radius 3 is 2.48 bits per heavy atom.